The molecule has 41 heavy (non-hydrogen) atoms. The van der Waals surface area contributed by atoms with Gasteiger partial charge in [0.2, 0.25) is 0 Å². The fraction of sp³-hybridized carbons (Fsp3) is 0.577. The first-order chi connectivity index (χ1) is 19.3. The fourth-order valence-corrected chi connectivity index (χ4v) is 4.99. The van der Waals surface area contributed by atoms with Crippen molar-refractivity contribution in [1.29, 1.82) is 0 Å². The molecule has 0 aliphatic carbocycles. The lowest BCUT2D eigenvalue weighted by molar-refractivity contribution is -0.160. The van der Waals surface area contributed by atoms with Crippen molar-refractivity contribution in [1.82, 2.24) is 5.32 Å². The Balaban J connectivity index is 2.47. The van der Waals surface area contributed by atoms with Gasteiger partial charge in [-0.1, -0.05) is 24.6 Å². The van der Waals surface area contributed by atoms with E-state index in [0.717, 1.165) is 25.3 Å². The normalized spacial score (nSPS) is 13.9. The van der Waals surface area contributed by atoms with Crippen LogP contribution in [0.25, 0.3) is 0 Å². The SMILES string of the molecule is CCOC(=O)C(C)(COP(=O)(OC)OCCCCCCNC(=O)c1ccc(C(=O)OC)c(N)c1)C(=O)CSC(C)=O. The number of thioether (sulfide) groups is 1. The maximum absolute atomic E-state index is 12.9. The molecule has 1 aromatic carbocycles. The smallest absolute Gasteiger partial charge is 0.465 e. The molecule has 3 N–H and O–H groups in total. The molecule has 0 aliphatic rings. The molecule has 13 nitrogen and oxygen atoms in total. The lowest BCUT2D eigenvalue weighted by Gasteiger charge is -2.27. The molecule has 0 aliphatic heterocycles. The second-order valence-electron chi connectivity index (χ2n) is 8.96. The molecule has 0 spiro atoms. The van der Waals surface area contributed by atoms with Crippen LogP contribution >= 0.6 is 19.6 Å². The van der Waals surface area contributed by atoms with Gasteiger partial charge in [0.15, 0.2) is 10.9 Å². The number of hydrogen-bond donors (Lipinski definition) is 2. The maximum Gasteiger partial charge on any atom is 0.474 e. The summed E-state index contributed by atoms with van der Waals surface area (Å²) in [5.74, 6) is -2.68. The largest absolute Gasteiger partial charge is 0.474 e. The van der Waals surface area contributed by atoms with Gasteiger partial charge in [0.05, 0.1) is 38.2 Å². The summed E-state index contributed by atoms with van der Waals surface area (Å²) in [5, 5.41) is 2.48. The van der Waals surface area contributed by atoms with Crippen molar-refractivity contribution < 1.29 is 51.6 Å². The van der Waals surface area contributed by atoms with Gasteiger partial charge in [0.1, 0.15) is 5.41 Å². The molecule has 0 saturated heterocycles. The molecule has 0 fully saturated rings. The molecule has 1 aromatic rings. The Kier molecular flexibility index (Phi) is 15.8. The van der Waals surface area contributed by atoms with Gasteiger partial charge in [-0.05, 0) is 44.9 Å². The summed E-state index contributed by atoms with van der Waals surface area (Å²) in [4.78, 5) is 60.4. The molecule has 0 radical (unpaired) electrons. The number of methoxy groups -OCH3 is 1. The summed E-state index contributed by atoms with van der Waals surface area (Å²) in [5.41, 5.74) is 4.65. The Hall–Kier alpha value is -2.77. The number of phosphoric acid groups is 1. The number of unbranched alkanes of at least 4 members (excludes halogenated alkanes) is 3. The highest BCUT2D eigenvalue weighted by atomic mass is 32.2. The van der Waals surface area contributed by atoms with E-state index in [2.05, 4.69) is 10.1 Å². The second kappa shape index (κ2) is 17.9. The Bertz CT molecular complexity index is 1130. The molecule has 1 amide bonds. The summed E-state index contributed by atoms with van der Waals surface area (Å²) < 4.78 is 38.0. The van der Waals surface area contributed by atoms with E-state index in [1.807, 2.05) is 0 Å². The third kappa shape index (κ3) is 11.9. The van der Waals surface area contributed by atoms with Crippen LogP contribution in [-0.4, -0.2) is 75.1 Å². The van der Waals surface area contributed by atoms with Crippen LogP contribution in [-0.2, 0) is 42.0 Å². The van der Waals surface area contributed by atoms with Gasteiger partial charge in [-0.15, -0.1) is 0 Å². The minimum atomic E-state index is -4.09. The van der Waals surface area contributed by atoms with Crippen molar-refractivity contribution in [3.63, 3.8) is 0 Å². The summed E-state index contributed by atoms with van der Waals surface area (Å²) in [6, 6.07) is 4.33. The number of amides is 1. The van der Waals surface area contributed by atoms with Crippen molar-refractivity contribution in [2.45, 2.75) is 46.5 Å². The van der Waals surface area contributed by atoms with Gasteiger partial charge < -0.3 is 20.5 Å². The highest BCUT2D eigenvalue weighted by Gasteiger charge is 2.45. The van der Waals surface area contributed by atoms with E-state index in [9.17, 15) is 28.5 Å². The lowest BCUT2D eigenvalue weighted by atomic mass is 9.87. The summed E-state index contributed by atoms with van der Waals surface area (Å²) >= 11 is 0.742. The molecule has 2 unspecified atom stereocenters. The van der Waals surface area contributed by atoms with Gasteiger partial charge in [0.25, 0.3) is 5.91 Å². The van der Waals surface area contributed by atoms with Crippen molar-refractivity contribution >= 4 is 54.0 Å². The van der Waals surface area contributed by atoms with E-state index in [-0.39, 0.29) is 41.2 Å². The number of carbonyl (C=O) groups is 5. The Labute approximate surface area is 244 Å². The maximum atomic E-state index is 12.9. The fourth-order valence-electron chi connectivity index (χ4n) is 3.28. The van der Waals surface area contributed by atoms with Gasteiger partial charge in [-0.2, -0.15) is 0 Å². The number of phosphoric ester groups is 1. The van der Waals surface area contributed by atoms with Crippen molar-refractivity contribution in [2.24, 2.45) is 5.41 Å². The number of benzene rings is 1. The van der Waals surface area contributed by atoms with Gasteiger partial charge in [-0.3, -0.25) is 32.7 Å². The first kappa shape index (κ1) is 36.3. The Morgan fingerprint density at radius 2 is 1.73 bits per heavy atom. The molecule has 1 rings (SSSR count). The van der Waals surface area contributed by atoms with Gasteiger partial charge in [-0.25, -0.2) is 9.36 Å². The van der Waals surface area contributed by atoms with Crippen molar-refractivity contribution in [3.05, 3.63) is 29.3 Å². The minimum Gasteiger partial charge on any atom is -0.465 e. The number of nitrogens with two attached hydrogens (primary N) is 1. The average molecular weight is 619 g/mol. The number of rotatable bonds is 19. The van der Waals surface area contributed by atoms with E-state index in [4.69, 9.17) is 24.0 Å². The monoisotopic (exact) mass is 618 g/mol. The minimum absolute atomic E-state index is 0.0163. The number of carbonyl (C=O) groups excluding carboxylic acids is 5. The third-order valence-corrected chi connectivity index (χ3v) is 8.01. The predicted molar refractivity (Wildman–Crippen MR) is 152 cm³/mol. The van der Waals surface area contributed by atoms with Crippen LogP contribution < -0.4 is 11.1 Å². The Morgan fingerprint density at radius 1 is 1.05 bits per heavy atom. The molecular formula is C26H39N2O11PS. The number of Topliss-reactive ketones (excluding diaryl/α,β-unsaturated/α-hetero) is 1. The van der Waals surface area contributed by atoms with E-state index >= 15 is 0 Å². The molecule has 0 aromatic heterocycles. The van der Waals surface area contributed by atoms with Crippen LogP contribution in [0.3, 0.4) is 0 Å². The van der Waals surface area contributed by atoms with Crippen LogP contribution in [0.5, 0.6) is 0 Å². The molecule has 0 saturated carbocycles. The highest BCUT2D eigenvalue weighted by molar-refractivity contribution is 8.14. The number of anilines is 1. The summed E-state index contributed by atoms with van der Waals surface area (Å²) in [6.45, 7) is 3.98. The van der Waals surface area contributed by atoms with E-state index in [1.165, 1.54) is 39.2 Å². The first-order valence-electron chi connectivity index (χ1n) is 12.9. The molecule has 2 atom stereocenters. The number of esters is 2. The first-order valence-corrected chi connectivity index (χ1v) is 15.3. The number of ketones is 1. The molecular weight excluding hydrogens is 579 g/mol. The zero-order chi connectivity index (χ0) is 31.1. The zero-order valence-electron chi connectivity index (χ0n) is 24.0. The molecule has 230 valence electrons. The number of ether oxygens (including phenoxy) is 2. The zero-order valence-corrected chi connectivity index (χ0v) is 25.7. The quantitative estimate of drug-likeness (QED) is 0.0754. The van der Waals surface area contributed by atoms with Crippen LogP contribution in [0.2, 0.25) is 0 Å². The van der Waals surface area contributed by atoms with E-state index in [1.54, 1.807) is 6.92 Å². The molecule has 0 bridgehead atoms. The van der Waals surface area contributed by atoms with Crippen LogP contribution in [0.1, 0.15) is 67.2 Å². The Morgan fingerprint density at radius 3 is 2.32 bits per heavy atom. The number of nitrogens with one attached hydrogen (secondary N) is 1. The lowest BCUT2D eigenvalue weighted by Crippen LogP contribution is -2.43. The number of nitrogen functional groups attached to an aromatic ring is 1. The van der Waals surface area contributed by atoms with E-state index < -0.39 is 37.6 Å². The summed E-state index contributed by atoms with van der Waals surface area (Å²) in [7, 11) is -1.73. The number of hydrogen-bond acceptors (Lipinski definition) is 13. The third-order valence-electron chi connectivity index (χ3n) is 5.81. The van der Waals surface area contributed by atoms with Crippen molar-refractivity contribution in [2.75, 3.05) is 52.1 Å². The van der Waals surface area contributed by atoms with Gasteiger partial charge >= 0.3 is 19.8 Å². The summed E-state index contributed by atoms with van der Waals surface area (Å²) in [6.07, 6.45) is 2.58. The molecule has 0 heterocycles. The van der Waals surface area contributed by atoms with Crippen LogP contribution in [0.4, 0.5) is 5.69 Å². The predicted octanol–water partition coefficient (Wildman–Crippen LogP) is 3.55. The average Bonchev–Trinajstić information content (AvgIpc) is 2.95. The topological polar surface area (TPSA) is 187 Å². The van der Waals surface area contributed by atoms with Crippen molar-refractivity contribution in [3.8, 4) is 0 Å². The second-order valence-corrected chi connectivity index (χ2v) is 11.9. The van der Waals surface area contributed by atoms with Crippen LogP contribution in [0.15, 0.2) is 18.2 Å². The van der Waals surface area contributed by atoms with Crippen LogP contribution in [0, 0.1) is 5.41 Å². The molecule has 15 heteroatoms. The highest BCUT2D eigenvalue weighted by Crippen LogP contribution is 2.50. The standard InChI is InChI=1S/C26H39N2O11PS/c1-6-37-25(33)26(3,22(30)16-41-18(2)29)17-39-40(34,36-5)38-14-10-8-7-9-13-28-23(31)19-11-12-20(21(27)15-19)24(32)35-4/h11-12,15H,6-10,13-14,16-17,27H2,1-5H3,(H,28,31). The van der Waals surface area contributed by atoms with Gasteiger partial charge in [0, 0.05) is 31.8 Å². The van der Waals surface area contributed by atoms with E-state index in [0.29, 0.717) is 31.4 Å².